The molecule has 3 N–H and O–H groups in total. The predicted octanol–water partition coefficient (Wildman–Crippen LogP) is 1.48. The predicted molar refractivity (Wildman–Crippen MR) is 91.1 cm³/mol. The zero-order chi connectivity index (χ0) is 18.6. The van der Waals surface area contributed by atoms with Crippen molar-refractivity contribution in [2.45, 2.75) is 32.6 Å². The van der Waals surface area contributed by atoms with Crippen LogP contribution in [-0.4, -0.2) is 35.1 Å². The number of benzene rings is 2. The number of hydrogen-bond donors (Lipinski definition) is 3. The molecule has 0 spiro atoms. The van der Waals surface area contributed by atoms with Gasteiger partial charge in [0.15, 0.2) is 0 Å². The molecule has 134 valence electrons. The van der Waals surface area contributed by atoms with Gasteiger partial charge in [0.2, 0.25) is 5.91 Å². The highest BCUT2D eigenvalue weighted by molar-refractivity contribution is 5.96. The molecule has 0 atom stereocenters. The summed E-state index contributed by atoms with van der Waals surface area (Å²) in [6.07, 6.45) is 0.447. The minimum Gasteiger partial charge on any atom is -0.426 e. The SMILES string of the molecule is CNC(O)(O)CCc1ccc2c(OC(C)=O)ccc(OC(C)=O)c2c1. The van der Waals surface area contributed by atoms with E-state index in [0.29, 0.717) is 28.7 Å². The molecule has 0 aliphatic heterocycles. The first-order chi connectivity index (χ1) is 11.7. The Morgan fingerprint density at radius 3 is 2.08 bits per heavy atom. The van der Waals surface area contributed by atoms with Crippen molar-refractivity contribution in [3.8, 4) is 11.5 Å². The maximum absolute atomic E-state index is 11.3. The van der Waals surface area contributed by atoms with Gasteiger partial charge in [-0.05, 0) is 37.2 Å². The monoisotopic (exact) mass is 347 g/mol. The van der Waals surface area contributed by atoms with Crippen molar-refractivity contribution in [2.24, 2.45) is 0 Å². The molecule has 2 aromatic rings. The van der Waals surface area contributed by atoms with E-state index < -0.39 is 17.8 Å². The number of carbonyl (C=O) groups is 2. The minimum atomic E-state index is -1.97. The number of hydrogen-bond acceptors (Lipinski definition) is 7. The van der Waals surface area contributed by atoms with Crippen molar-refractivity contribution in [1.29, 1.82) is 0 Å². The Morgan fingerprint density at radius 2 is 1.56 bits per heavy atom. The molecule has 2 rings (SSSR count). The van der Waals surface area contributed by atoms with E-state index in [4.69, 9.17) is 9.47 Å². The third-order valence-corrected chi connectivity index (χ3v) is 3.67. The van der Waals surface area contributed by atoms with Crippen LogP contribution in [-0.2, 0) is 16.0 Å². The van der Waals surface area contributed by atoms with Crippen LogP contribution in [0.3, 0.4) is 0 Å². The van der Waals surface area contributed by atoms with Gasteiger partial charge in [-0.25, -0.2) is 0 Å². The fourth-order valence-corrected chi connectivity index (χ4v) is 2.43. The molecule has 0 unspecified atom stereocenters. The summed E-state index contributed by atoms with van der Waals surface area (Å²) in [5, 5.41) is 22.9. The third-order valence-electron chi connectivity index (χ3n) is 3.67. The van der Waals surface area contributed by atoms with E-state index in [9.17, 15) is 19.8 Å². The van der Waals surface area contributed by atoms with Crippen LogP contribution < -0.4 is 14.8 Å². The van der Waals surface area contributed by atoms with Gasteiger partial charge in [0.25, 0.3) is 0 Å². The first-order valence-electron chi connectivity index (χ1n) is 7.78. The topological polar surface area (TPSA) is 105 Å². The number of ether oxygens (including phenoxy) is 2. The highest BCUT2D eigenvalue weighted by atomic mass is 16.5. The number of fused-ring (bicyclic) bond motifs is 1. The average molecular weight is 347 g/mol. The number of rotatable bonds is 6. The molecule has 0 bridgehead atoms. The summed E-state index contributed by atoms with van der Waals surface area (Å²) < 4.78 is 10.4. The Hall–Kier alpha value is -2.48. The normalized spacial score (nSPS) is 11.4. The first kappa shape index (κ1) is 18.9. The van der Waals surface area contributed by atoms with E-state index >= 15 is 0 Å². The summed E-state index contributed by atoms with van der Waals surface area (Å²) in [4.78, 5) is 22.6. The molecule has 25 heavy (non-hydrogen) atoms. The van der Waals surface area contributed by atoms with E-state index in [1.54, 1.807) is 30.3 Å². The summed E-state index contributed by atoms with van der Waals surface area (Å²) in [5.74, 6) is -2.18. The number of esters is 2. The van der Waals surface area contributed by atoms with Gasteiger partial charge in [0, 0.05) is 31.0 Å². The van der Waals surface area contributed by atoms with Crippen molar-refractivity contribution in [2.75, 3.05) is 7.05 Å². The van der Waals surface area contributed by atoms with Crippen LogP contribution in [0.2, 0.25) is 0 Å². The molecule has 0 radical (unpaired) electrons. The van der Waals surface area contributed by atoms with Gasteiger partial charge in [0.1, 0.15) is 11.5 Å². The molecule has 0 fully saturated rings. The van der Waals surface area contributed by atoms with Crippen LogP contribution in [0.15, 0.2) is 30.3 Å². The van der Waals surface area contributed by atoms with Crippen molar-refractivity contribution >= 4 is 22.7 Å². The smallest absolute Gasteiger partial charge is 0.308 e. The minimum absolute atomic E-state index is 0.0710. The Balaban J connectivity index is 2.45. The van der Waals surface area contributed by atoms with Gasteiger partial charge < -0.3 is 19.7 Å². The number of aliphatic hydroxyl groups is 2. The van der Waals surface area contributed by atoms with Crippen LogP contribution in [0.25, 0.3) is 10.8 Å². The van der Waals surface area contributed by atoms with Crippen molar-refractivity contribution < 1.29 is 29.3 Å². The summed E-state index contributed by atoms with van der Waals surface area (Å²) in [6.45, 7) is 2.61. The lowest BCUT2D eigenvalue weighted by Crippen LogP contribution is -2.42. The van der Waals surface area contributed by atoms with Gasteiger partial charge in [-0.1, -0.05) is 12.1 Å². The molecule has 0 heterocycles. The highest BCUT2D eigenvalue weighted by Gasteiger charge is 2.20. The third kappa shape index (κ3) is 4.99. The fraction of sp³-hybridized carbons (Fsp3) is 0.333. The lowest BCUT2D eigenvalue weighted by molar-refractivity contribution is -0.185. The zero-order valence-electron chi connectivity index (χ0n) is 14.3. The van der Waals surface area contributed by atoms with E-state index in [0.717, 1.165) is 5.56 Å². The van der Waals surface area contributed by atoms with Crippen LogP contribution in [0.1, 0.15) is 25.8 Å². The molecule has 0 amide bonds. The van der Waals surface area contributed by atoms with E-state index in [1.165, 1.54) is 20.9 Å². The Morgan fingerprint density at radius 1 is 1.00 bits per heavy atom. The molecular formula is C18H21NO6. The second kappa shape index (κ2) is 7.60. The van der Waals surface area contributed by atoms with Crippen LogP contribution in [0.4, 0.5) is 0 Å². The molecule has 0 saturated carbocycles. The Kier molecular flexibility index (Phi) is 5.73. The van der Waals surface area contributed by atoms with Crippen molar-refractivity contribution in [3.63, 3.8) is 0 Å². The van der Waals surface area contributed by atoms with E-state index in [-0.39, 0.29) is 6.42 Å². The average Bonchev–Trinajstić information content (AvgIpc) is 2.54. The number of carbonyl (C=O) groups excluding carboxylic acids is 2. The van der Waals surface area contributed by atoms with Gasteiger partial charge >= 0.3 is 11.9 Å². The van der Waals surface area contributed by atoms with Crippen LogP contribution in [0.5, 0.6) is 11.5 Å². The zero-order valence-corrected chi connectivity index (χ0v) is 14.3. The summed E-state index contributed by atoms with van der Waals surface area (Å²) in [6, 6.07) is 8.42. The summed E-state index contributed by atoms with van der Waals surface area (Å²) >= 11 is 0. The Bertz CT molecular complexity index is 799. The maximum atomic E-state index is 11.3. The van der Waals surface area contributed by atoms with E-state index in [2.05, 4.69) is 5.32 Å². The molecular weight excluding hydrogens is 326 g/mol. The lowest BCUT2D eigenvalue weighted by atomic mass is 10.0. The number of aryl methyl sites for hydroxylation is 1. The van der Waals surface area contributed by atoms with Gasteiger partial charge in [-0.3, -0.25) is 14.9 Å². The standard InChI is InChI=1S/C18H21NO6/c1-11(20)24-16-6-7-17(25-12(2)21)15-10-13(4-5-14(15)16)8-9-18(22,23)19-3/h4-7,10,19,22-23H,8-9H2,1-3H3. The second-order valence-corrected chi connectivity index (χ2v) is 5.70. The molecule has 2 aromatic carbocycles. The van der Waals surface area contributed by atoms with Gasteiger partial charge in [0.05, 0.1) is 0 Å². The molecule has 0 aliphatic carbocycles. The quantitative estimate of drug-likeness (QED) is 0.413. The maximum Gasteiger partial charge on any atom is 0.308 e. The molecule has 0 saturated heterocycles. The number of nitrogens with one attached hydrogen (secondary N) is 1. The van der Waals surface area contributed by atoms with Crippen molar-refractivity contribution in [3.05, 3.63) is 35.9 Å². The summed E-state index contributed by atoms with van der Waals surface area (Å²) in [7, 11) is 1.45. The van der Waals surface area contributed by atoms with Gasteiger partial charge in [-0.2, -0.15) is 0 Å². The van der Waals surface area contributed by atoms with Gasteiger partial charge in [-0.15, -0.1) is 0 Å². The molecule has 0 aliphatic rings. The summed E-state index contributed by atoms with van der Waals surface area (Å²) in [5.41, 5.74) is 0.809. The van der Waals surface area contributed by atoms with Crippen LogP contribution >= 0.6 is 0 Å². The van der Waals surface area contributed by atoms with Crippen molar-refractivity contribution in [1.82, 2.24) is 5.32 Å². The second-order valence-electron chi connectivity index (χ2n) is 5.70. The molecule has 7 nitrogen and oxygen atoms in total. The fourth-order valence-electron chi connectivity index (χ4n) is 2.43. The molecule has 7 heteroatoms. The first-order valence-corrected chi connectivity index (χ1v) is 7.78. The largest absolute Gasteiger partial charge is 0.426 e. The lowest BCUT2D eigenvalue weighted by Gasteiger charge is -2.20. The Labute approximate surface area is 145 Å². The van der Waals surface area contributed by atoms with E-state index in [1.807, 2.05) is 0 Å². The van der Waals surface area contributed by atoms with Crippen LogP contribution in [0, 0.1) is 0 Å². The highest BCUT2D eigenvalue weighted by Crippen LogP contribution is 2.34. The molecule has 0 aromatic heterocycles.